The first kappa shape index (κ1) is 12.8. The molecular formula is C15H20N2O. The summed E-state index contributed by atoms with van der Waals surface area (Å²) in [6, 6.07) is 8.15. The number of imidazole rings is 1. The van der Waals surface area contributed by atoms with Gasteiger partial charge >= 0.3 is 0 Å². The number of hydrogen-bond acceptors (Lipinski definition) is 2. The number of nitrogens with zero attached hydrogens (tertiary/aromatic N) is 2. The molecule has 0 fully saturated rings. The molecule has 0 saturated carbocycles. The maximum atomic E-state index is 10.2. The summed E-state index contributed by atoms with van der Waals surface area (Å²) < 4.78 is 1.99. The van der Waals surface area contributed by atoms with E-state index in [-0.39, 0.29) is 0 Å². The molecule has 0 radical (unpaired) electrons. The van der Waals surface area contributed by atoms with Gasteiger partial charge in [-0.2, -0.15) is 0 Å². The Morgan fingerprint density at radius 1 is 1.22 bits per heavy atom. The topological polar surface area (TPSA) is 38.0 Å². The van der Waals surface area contributed by atoms with Crippen molar-refractivity contribution in [3.63, 3.8) is 0 Å². The van der Waals surface area contributed by atoms with Gasteiger partial charge in [-0.25, -0.2) is 4.98 Å². The molecule has 1 aromatic heterocycles. The van der Waals surface area contributed by atoms with Crippen LogP contribution in [0.2, 0.25) is 0 Å². The first-order chi connectivity index (χ1) is 8.61. The smallest absolute Gasteiger partial charge is 0.0969 e. The number of aliphatic hydroxyl groups excluding tert-OH is 1. The van der Waals surface area contributed by atoms with Crippen LogP contribution in [0.4, 0.5) is 0 Å². The minimum absolute atomic E-state index is 0.483. The third-order valence-corrected chi connectivity index (χ3v) is 3.49. The maximum Gasteiger partial charge on any atom is 0.0969 e. The summed E-state index contributed by atoms with van der Waals surface area (Å²) in [5.74, 6) is 0. The van der Waals surface area contributed by atoms with Crippen molar-refractivity contribution in [1.82, 2.24) is 9.55 Å². The second-order valence-electron chi connectivity index (χ2n) is 4.68. The third-order valence-electron chi connectivity index (χ3n) is 3.49. The lowest BCUT2D eigenvalue weighted by Crippen LogP contribution is -2.09. The van der Waals surface area contributed by atoms with Gasteiger partial charge in [-0.15, -0.1) is 0 Å². The molecule has 1 unspecified atom stereocenters. The van der Waals surface area contributed by atoms with Crippen molar-refractivity contribution in [3.8, 4) is 0 Å². The second kappa shape index (κ2) is 5.36. The van der Waals surface area contributed by atoms with Gasteiger partial charge in [-0.05, 0) is 31.4 Å². The fourth-order valence-corrected chi connectivity index (χ4v) is 2.00. The van der Waals surface area contributed by atoms with Crippen LogP contribution in [-0.2, 0) is 13.0 Å². The summed E-state index contributed by atoms with van der Waals surface area (Å²) >= 11 is 0. The van der Waals surface area contributed by atoms with Crippen LogP contribution >= 0.6 is 0 Å². The lowest BCUT2D eigenvalue weighted by atomic mass is 10.1. The largest absolute Gasteiger partial charge is 0.387 e. The summed E-state index contributed by atoms with van der Waals surface area (Å²) in [7, 11) is 0. The summed E-state index contributed by atoms with van der Waals surface area (Å²) in [6.07, 6.45) is 2.33. The van der Waals surface area contributed by atoms with E-state index in [0.717, 1.165) is 23.4 Å². The molecule has 18 heavy (non-hydrogen) atoms. The molecule has 0 aliphatic heterocycles. The molecule has 1 aromatic carbocycles. The van der Waals surface area contributed by atoms with Crippen LogP contribution in [0.5, 0.6) is 0 Å². The van der Waals surface area contributed by atoms with Crippen LogP contribution in [-0.4, -0.2) is 14.7 Å². The Bertz CT molecular complexity index is 514. The predicted molar refractivity (Wildman–Crippen MR) is 72.5 cm³/mol. The standard InChI is InChI=1S/C15H20N2O/c1-4-13-5-7-14(8-6-13)15(18)9-17-10-16-11(2)12(17)3/h5-8,10,15,18H,4,9H2,1-3H3. The van der Waals surface area contributed by atoms with E-state index in [4.69, 9.17) is 0 Å². The average molecular weight is 244 g/mol. The number of aryl methyl sites for hydroxylation is 2. The molecule has 0 bridgehead atoms. The van der Waals surface area contributed by atoms with E-state index in [1.54, 1.807) is 6.33 Å². The van der Waals surface area contributed by atoms with Crippen LogP contribution in [0.15, 0.2) is 30.6 Å². The van der Waals surface area contributed by atoms with E-state index >= 15 is 0 Å². The van der Waals surface area contributed by atoms with Crippen LogP contribution in [0.25, 0.3) is 0 Å². The zero-order chi connectivity index (χ0) is 13.1. The van der Waals surface area contributed by atoms with Gasteiger partial charge in [0.1, 0.15) is 0 Å². The van der Waals surface area contributed by atoms with Crippen molar-refractivity contribution in [2.75, 3.05) is 0 Å². The minimum atomic E-state index is -0.483. The number of aliphatic hydroxyl groups is 1. The van der Waals surface area contributed by atoms with Gasteiger partial charge in [-0.1, -0.05) is 31.2 Å². The highest BCUT2D eigenvalue weighted by Gasteiger charge is 2.10. The van der Waals surface area contributed by atoms with Crippen LogP contribution in [0.3, 0.4) is 0 Å². The highest BCUT2D eigenvalue weighted by molar-refractivity contribution is 5.24. The molecule has 2 aromatic rings. The van der Waals surface area contributed by atoms with Gasteiger partial charge in [0, 0.05) is 5.69 Å². The Morgan fingerprint density at radius 2 is 1.89 bits per heavy atom. The van der Waals surface area contributed by atoms with E-state index in [0.29, 0.717) is 6.54 Å². The Hall–Kier alpha value is -1.61. The minimum Gasteiger partial charge on any atom is -0.387 e. The van der Waals surface area contributed by atoms with Crippen molar-refractivity contribution >= 4 is 0 Å². The number of rotatable bonds is 4. The van der Waals surface area contributed by atoms with Crippen molar-refractivity contribution in [3.05, 3.63) is 53.1 Å². The normalized spacial score (nSPS) is 12.7. The van der Waals surface area contributed by atoms with E-state index in [1.807, 2.05) is 30.5 Å². The van der Waals surface area contributed by atoms with Crippen LogP contribution in [0, 0.1) is 13.8 Å². The first-order valence-electron chi connectivity index (χ1n) is 6.37. The van der Waals surface area contributed by atoms with Crippen LogP contribution in [0.1, 0.15) is 35.5 Å². The highest BCUT2D eigenvalue weighted by atomic mass is 16.3. The molecule has 3 nitrogen and oxygen atoms in total. The summed E-state index contributed by atoms with van der Waals surface area (Å²) in [4.78, 5) is 4.24. The van der Waals surface area contributed by atoms with Gasteiger partial charge in [0.25, 0.3) is 0 Å². The molecule has 2 rings (SSSR count). The number of aromatic nitrogens is 2. The van der Waals surface area contributed by atoms with E-state index in [1.165, 1.54) is 5.56 Å². The van der Waals surface area contributed by atoms with E-state index < -0.39 is 6.10 Å². The fraction of sp³-hybridized carbons (Fsp3) is 0.400. The molecule has 0 saturated heterocycles. The Kier molecular flexibility index (Phi) is 3.82. The number of hydrogen-bond donors (Lipinski definition) is 1. The molecular weight excluding hydrogens is 224 g/mol. The molecule has 1 N–H and O–H groups in total. The number of benzene rings is 1. The van der Waals surface area contributed by atoms with Gasteiger partial charge in [-0.3, -0.25) is 0 Å². The summed E-state index contributed by atoms with van der Waals surface area (Å²) in [5.41, 5.74) is 4.38. The Labute approximate surface area is 108 Å². The lowest BCUT2D eigenvalue weighted by molar-refractivity contribution is 0.155. The maximum absolute atomic E-state index is 10.2. The van der Waals surface area contributed by atoms with E-state index in [2.05, 4.69) is 24.0 Å². The van der Waals surface area contributed by atoms with Crippen molar-refractivity contribution in [1.29, 1.82) is 0 Å². The SMILES string of the molecule is CCc1ccc(C(O)Cn2cnc(C)c2C)cc1. The monoisotopic (exact) mass is 244 g/mol. The molecule has 3 heteroatoms. The van der Waals surface area contributed by atoms with Crippen molar-refractivity contribution in [2.24, 2.45) is 0 Å². The molecule has 1 heterocycles. The molecule has 96 valence electrons. The van der Waals surface area contributed by atoms with E-state index in [9.17, 15) is 5.11 Å². The first-order valence-corrected chi connectivity index (χ1v) is 6.37. The fourth-order valence-electron chi connectivity index (χ4n) is 2.00. The quantitative estimate of drug-likeness (QED) is 0.898. The van der Waals surface area contributed by atoms with Gasteiger partial charge < -0.3 is 9.67 Å². The Balaban J connectivity index is 2.11. The summed E-state index contributed by atoms with van der Waals surface area (Å²) in [5, 5.41) is 10.2. The van der Waals surface area contributed by atoms with Gasteiger partial charge in [0.05, 0.1) is 24.7 Å². The molecule has 0 spiro atoms. The van der Waals surface area contributed by atoms with Crippen LogP contribution < -0.4 is 0 Å². The molecule has 0 amide bonds. The predicted octanol–water partition coefficient (Wildman–Crippen LogP) is 2.80. The van der Waals surface area contributed by atoms with Crippen molar-refractivity contribution in [2.45, 2.75) is 39.8 Å². The summed E-state index contributed by atoms with van der Waals surface area (Å²) in [6.45, 7) is 6.69. The van der Waals surface area contributed by atoms with Gasteiger partial charge in [0.15, 0.2) is 0 Å². The molecule has 0 aliphatic carbocycles. The molecule has 1 atom stereocenters. The zero-order valence-corrected chi connectivity index (χ0v) is 11.2. The van der Waals surface area contributed by atoms with Crippen molar-refractivity contribution < 1.29 is 5.11 Å². The average Bonchev–Trinajstić information content (AvgIpc) is 2.71. The van der Waals surface area contributed by atoms with Gasteiger partial charge in [0.2, 0.25) is 0 Å². The second-order valence-corrected chi connectivity index (χ2v) is 4.68. The lowest BCUT2D eigenvalue weighted by Gasteiger charge is -2.13. The Morgan fingerprint density at radius 3 is 2.39 bits per heavy atom. The molecule has 0 aliphatic rings. The zero-order valence-electron chi connectivity index (χ0n) is 11.2. The highest BCUT2D eigenvalue weighted by Crippen LogP contribution is 2.17. The third kappa shape index (κ3) is 2.62.